The molecule has 3 aliphatic heterocycles. The molecule has 0 radical (unpaired) electrons. The van der Waals surface area contributed by atoms with Crippen molar-refractivity contribution in [3.05, 3.63) is 77.8 Å². The predicted octanol–water partition coefficient (Wildman–Crippen LogP) is 5.36. The second-order valence-electron chi connectivity index (χ2n) is 10.9. The molecule has 1 saturated heterocycles. The third-order valence-corrected chi connectivity index (χ3v) is 8.21. The van der Waals surface area contributed by atoms with Crippen molar-refractivity contribution in [2.45, 2.75) is 51.6 Å². The van der Waals surface area contributed by atoms with Gasteiger partial charge in [-0.05, 0) is 62.8 Å². The van der Waals surface area contributed by atoms with Crippen LogP contribution < -0.4 is 4.90 Å². The van der Waals surface area contributed by atoms with Crippen molar-refractivity contribution in [2.75, 3.05) is 31.7 Å². The van der Waals surface area contributed by atoms with Crippen molar-refractivity contribution in [1.82, 2.24) is 19.6 Å². The van der Waals surface area contributed by atoms with Gasteiger partial charge in [-0.2, -0.15) is 9.61 Å². The van der Waals surface area contributed by atoms with Gasteiger partial charge in [0.25, 0.3) is 0 Å². The van der Waals surface area contributed by atoms with Gasteiger partial charge < -0.3 is 14.4 Å². The van der Waals surface area contributed by atoms with Gasteiger partial charge >= 0.3 is 5.97 Å². The smallest absolute Gasteiger partial charge is 0.310 e. The summed E-state index contributed by atoms with van der Waals surface area (Å²) in [6.45, 7) is 6.34. The zero-order valence-electron chi connectivity index (χ0n) is 23.4. The third kappa shape index (κ3) is 5.11. The third-order valence-electron chi connectivity index (χ3n) is 8.21. The van der Waals surface area contributed by atoms with Crippen LogP contribution in [0.5, 0.6) is 0 Å². The first-order valence-corrected chi connectivity index (χ1v) is 14.0. The van der Waals surface area contributed by atoms with E-state index in [1.807, 2.05) is 29.9 Å². The Morgan fingerprint density at radius 3 is 2.77 bits per heavy atom. The van der Waals surface area contributed by atoms with Gasteiger partial charge in [0, 0.05) is 53.9 Å². The van der Waals surface area contributed by atoms with Crippen LogP contribution in [0.15, 0.2) is 60.9 Å². The molecule has 1 fully saturated rings. The molecule has 7 rings (SSSR count). The summed E-state index contributed by atoms with van der Waals surface area (Å²) in [5, 5.41) is 5.07. The standard InChI is InChI=1S/C32H35N5O3/c1-22-26(19-30(38)39-3)31-36-15-12-32(2,13-16-36)40-17-6-4-5-8-23-11-14-33-21-27(23)24-9-7-10-25(18-24)28-20-29(34-22)37(31)35-28/h4,6-7,9-11,14,18,20-21H,5,8,12-13,15-17,19H2,1-3H3/b6-4+. The largest absolute Gasteiger partial charge is 0.469 e. The van der Waals surface area contributed by atoms with Crippen molar-refractivity contribution in [1.29, 1.82) is 0 Å². The van der Waals surface area contributed by atoms with Crippen LogP contribution in [-0.4, -0.2) is 58.0 Å². The average Bonchev–Trinajstić information content (AvgIpc) is 3.39. The zero-order valence-corrected chi connectivity index (χ0v) is 23.4. The molecule has 6 heterocycles. The van der Waals surface area contributed by atoms with Crippen LogP contribution in [0, 0.1) is 6.92 Å². The van der Waals surface area contributed by atoms with Crippen molar-refractivity contribution in [3.63, 3.8) is 0 Å². The molecule has 206 valence electrons. The zero-order chi connectivity index (χ0) is 27.7. The van der Waals surface area contributed by atoms with Crippen LogP contribution in [0.25, 0.3) is 28.0 Å². The molecule has 4 aromatic rings. The molecule has 0 amide bonds. The van der Waals surface area contributed by atoms with Crippen LogP contribution in [-0.2, 0) is 27.1 Å². The van der Waals surface area contributed by atoms with Gasteiger partial charge in [-0.15, -0.1) is 0 Å². The lowest BCUT2D eigenvalue weighted by atomic mass is 9.93. The van der Waals surface area contributed by atoms with Crippen LogP contribution in [0.2, 0.25) is 0 Å². The molecule has 1 aromatic carbocycles. The van der Waals surface area contributed by atoms with Crippen LogP contribution in [0.4, 0.5) is 5.82 Å². The summed E-state index contributed by atoms with van der Waals surface area (Å²) in [6, 6.07) is 12.6. The highest BCUT2D eigenvalue weighted by Gasteiger charge is 2.33. The van der Waals surface area contributed by atoms with Gasteiger partial charge in [-0.3, -0.25) is 9.78 Å². The first-order valence-electron chi connectivity index (χ1n) is 14.0. The van der Waals surface area contributed by atoms with Gasteiger partial charge in [0.15, 0.2) is 5.65 Å². The minimum absolute atomic E-state index is 0.143. The highest BCUT2D eigenvalue weighted by Crippen LogP contribution is 2.34. The number of nitrogens with zero attached hydrogens (tertiary/aromatic N) is 5. The van der Waals surface area contributed by atoms with Crippen molar-refractivity contribution in [3.8, 4) is 22.4 Å². The molecule has 0 N–H and O–H groups in total. The SMILES string of the molecule is COC(=O)Cc1c(C)nc2cc3nn2c1N1CCC(C)(CC1)OC/C=C/CCc1ccncc1-c1cccc-3c1. The summed E-state index contributed by atoms with van der Waals surface area (Å²) in [7, 11) is 1.42. The number of rotatable bonds is 2. The fourth-order valence-electron chi connectivity index (χ4n) is 5.78. The topological polar surface area (TPSA) is 81.8 Å². The van der Waals surface area contributed by atoms with Gasteiger partial charge in [-0.1, -0.05) is 30.4 Å². The molecule has 6 bridgehead atoms. The van der Waals surface area contributed by atoms with E-state index in [2.05, 4.69) is 59.3 Å². The number of fused-ring (bicyclic) bond motifs is 6. The molecule has 8 nitrogen and oxygen atoms in total. The molecule has 0 aliphatic carbocycles. The molecule has 0 atom stereocenters. The molecular weight excluding hydrogens is 502 g/mol. The maximum atomic E-state index is 12.5. The van der Waals surface area contributed by atoms with Crippen LogP contribution in [0.3, 0.4) is 0 Å². The molecule has 3 aliphatic rings. The molecule has 0 unspecified atom stereocenters. The normalized spacial score (nSPS) is 17.6. The van der Waals surface area contributed by atoms with Crippen LogP contribution in [0.1, 0.15) is 43.0 Å². The van der Waals surface area contributed by atoms with E-state index >= 15 is 0 Å². The molecule has 3 aromatic heterocycles. The number of carbonyl (C=O) groups is 1. The Hall–Kier alpha value is -4.04. The molecular formula is C32H35N5O3. The number of hydrogen-bond donors (Lipinski definition) is 0. The fraction of sp³-hybridized carbons (Fsp3) is 0.375. The van der Waals surface area contributed by atoms with E-state index < -0.39 is 0 Å². The number of esters is 1. The number of aromatic nitrogens is 4. The van der Waals surface area contributed by atoms with Gasteiger partial charge in [0.1, 0.15) is 5.82 Å². The van der Waals surface area contributed by atoms with E-state index in [0.717, 1.165) is 83.9 Å². The predicted molar refractivity (Wildman–Crippen MR) is 155 cm³/mol. The number of carbonyl (C=O) groups excluding carboxylic acids is 1. The number of hydrogen-bond acceptors (Lipinski definition) is 7. The highest BCUT2D eigenvalue weighted by molar-refractivity contribution is 5.78. The van der Waals surface area contributed by atoms with E-state index in [1.54, 1.807) is 0 Å². The van der Waals surface area contributed by atoms with E-state index in [9.17, 15) is 4.79 Å². The minimum Gasteiger partial charge on any atom is -0.469 e. The Bertz CT molecular complexity index is 1580. The number of allylic oxidation sites excluding steroid dienone is 1. The Morgan fingerprint density at radius 2 is 1.95 bits per heavy atom. The highest BCUT2D eigenvalue weighted by atomic mass is 16.5. The minimum atomic E-state index is -0.291. The summed E-state index contributed by atoms with van der Waals surface area (Å²) < 4.78 is 13.3. The van der Waals surface area contributed by atoms with E-state index in [-0.39, 0.29) is 18.0 Å². The number of anilines is 1. The lowest BCUT2D eigenvalue weighted by Gasteiger charge is -2.40. The van der Waals surface area contributed by atoms with E-state index in [4.69, 9.17) is 19.6 Å². The summed E-state index contributed by atoms with van der Waals surface area (Å²) in [5.41, 5.74) is 7.54. The van der Waals surface area contributed by atoms with Gasteiger partial charge in [-0.25, -0.2) is 4.98 Å². The number of methoxy groups -OCH3 is 1. The lowest BCUT2D eigenvalue weighted by Crippen LogP contribution is -2.45. The number of pyridine rings is 1. The Kier molecular flexibility index (Phi) is 7.11. The van der Waals surface area contributed by atoms with Crippen molar-refractivity contribution < 1.29 is 14.3 Å². The lowest BCUT2D eigenvalue weighted by molar-refractivity contribution is -0.139. The Morgan fingerprint density at radius 1 is 1.12 bits per heavy atom. The Labute approximate surface area is 234 Å². The van der Waals surface area contributed by atoms with Crippen molar-refractivity contribution in [2.24, 2.45) is 0 Å². The maximum Gasteiger partial charge on any atom is 0.310 e. The van der Waals surface area contributed by atoms with Crippen molar-refractivity contribution >= 4 is 17.4 Å². The molecule has 8 heteroatoms. The van der Waals surface area contributed by atoms with E-state index in [1.165, 1.54) is 12.7 Å². The number of piperidine rings is 1. The number of benzene rings is 1. The fourth-order valence-corrected chi connectivity index (χ4v) is 5.78. The monoisotopic (exact) mass is 537 g/mol. The summed E-state index contributed by atoms with van der Waals surface area (Å²) in [5.74, 6) is 0.616. The molecule has 40 heavy (non-hydrogen) atoms. The number of aryl methyl sites for hydroxylation is 2. The van der Waals surface area contributed by atoms with Gasteiger partial charge in [0.2, 0.25) is 0 Å². The van der Waals surface area contributed by atoms with Crippen LogP contribution >= 0.6 is 0 Å². The first kappa shape index (κ1) is 26.2. The van der Waals surface area contributed by atoms with E-state index in [0.29, 0.717) is 6.61 Å². The summed E-state index contributed by atoms with van der Waals surface area (Å²) in [6.07, 6.45) is 11.9. The summed E-state index contributed by atoms with van der Waals surface area (Å²) in [4.78, 5) is 24.1. The number of ether oxygens (including phenoxy) is 2. The maximum absolute atomic E-state index is 12.5. The molecule has 0 spiro atoms. The Balaban J connectivity index is 1.51. The second-order valence-corrected chi connectivity index (χ2v) is 10.9. The van der Waals surface area contributed by atoms with Gasteiger partial charge in [0.05, 0.1) is 31.4 Å². The average molecular weight is 538 g/mol. The summed E-state index contributed by atoms with van der Waals surface area (Å²) >= 11 is 0. The quantitative estimate of drug-likeness (QED) is 0.252. The molecule has 0 saturated carbocycles. The second kappa shape index (κ2) is 10.8. The first-order chi connectivity index (χ1) is 19.4.